The second-order valence-corrected chi connectivity index (χ2v) is 4.89. The highest BCUT2D eigenvalue weighted by molar-refractivity contribution is 5.85. The number of nitrogens with one attached hydrogen (secondary N) is 1. The first-order chi connectivity index (χ1) is 10.5. The smallest absolute Gasteiger partial charge is 0.326 e. The van der Waals surface area contributed by atoms with Crippen molar-refractivity contribution >= 4 is 11.9 Å². The minimum Gasteiger partial charge on any atom is -0.480 e. The summed E-state index contributed by atoms with van der Waals surface area (Å²) in [5.74, 6) is -1.99. The van der Waals surface area contributed by atoms with E-state index in [4.69, 9.17) is 0 Å². The van der Waals surface area contributed by atoms with Gasteiger partial charge in [0.2, 0.25) is 5.91 Å². The Kier molecular flexibility index (Phi) is 4.88. The van der Waals surface area contributed by atoms with Gasteiger partial charge in [0.25, 0.3) is 0 Å². The number of carbonyl (C=O) groups excluding carboxylic acids is 1. The van der Waals surface area contributed by atoms with Gasteiger partial charge in [0.15, 0.2) is 0 Å². The molecule has 2 aromatic rings. The zero-order chi connectivity index (χ0) is 16.1. The van der Waals surface area contributed by atoms with Gasteiger partial charge in [-0.15, -0.1) is 0 Å². The zero-order valence-electron chi connectivity index (χ0n) is 11.9. The van der Waals surface area contributed by atoms with Crippen LogP contribution < -0.4 is 5.32 Å². The normalized spacial score (nSPS) is 13.4. The minimum absolute atomic E-state index is 0.0766. The molecule has 1 aromatic heterocycles. The Hall–Kier alpha value is -2.70. The van der Waals surface area contributed by atoms with Crippen LogP contribution in [0.3, 0.4) is 0 Å². The SMILES string of the molecule is C[C@H](C(=O)N[C@H](Cc1ccc(F)cc1)C(=O)O)n1cccn1. The fourth-order valence-electron chi connectivity index (χ4n) is 1.98. The molecule has 2 atom stereocenters. The molecule has 1 aromatic carbocycles. The van der Waals surface area contributed by atoms with Crippen molar-refractivity contribution in [3.63, 3.8) is 0 Å². The highest BCUT2D eigenvalue weighted by Crippen LogP contribution is 2.08. The molecular weight excluding hydrogens is 289 g/mol. The quantitative estimate of drug-likeness (QED) is 0.845. The Balaban J connectivity index is 2.04. The second-order valence-electron chi connectivity index (χ2n) is 4.89. The van der Waals surface area contributed by atoms with Crippen molar-refractivity contribution in [2.24, 2.45) is 0 Å². The maximum atomic E-state index is 12.9. The van der Waals surface area contributed by atoms with E-state index in [-0.39, 0.29) is 6.42 Å². The summed E-state index contributed by atoms with van der Waals surface area (Å²) in [5, 5.41) is 15.7. The van der Waals surface area contributed by atoms with E-state index in [0.29, 0.717) is 5.56 Å². The minimum atomic E-state index is -1.15. The van der Waals surface area contributed by atoms with Gasteiger partial charge in [0, 0.05) is 18.8 Å². The first-order valence-corrected chi connectivity index (χ1v) is 6.74. The third-order valence-corrected chi connectivity index (χ3v) is 3.27. The fraction of sp³-hybridized carbons (Fsp3) is 0.267. The van der Waals surface area contributed by atoms with Gasteiger partial charge in [-0.2, -0.15) is 5.10 Å². The molecule has 0 aliphatic heterocycles. The predicted molar refractivity (Wildman–Crippen MR) is 76.6 cm³/mol. The number of aliphatic carboxylic acids is 1. The van der Waals surface area contributed by atoms with Crippen LogP contribution >= 0.6 is 0 Å². The molecule has 0 aliphatic rings. The molecule has 0 fully saturated rings. The number of rotatable bonds is 6. The molecular formula is C15H16FN3O3. The average molecular weight is 305 g/mol. The van der Waals surface area contributed by atoms with Crippen LogP contribution in [0, 0.1) is 5.82 Å². The van der Waals surface area contributed by atoms with Gasteiger partial charge in [0.05, 0.1) is 0 Å². The third-order valence-electron chi connectivity index (χ3n) is 3.27. The number of hydrogen-bond acceptors (Lipinski definition) is 3. The molecule has 2 rings (SSSR count). The second kappa shape index (κ2) is 6.84. The standard InChI is InChI=1S/C15H16FN3O3/c1-10(19-8-2-7-17-19)14(20)18-13(15(21)22)9-11-3-5-12(16)6-4-11/h2-8,10,13H,9H2,1H3,(H,18,20)(H,21,22)/t10-,13-/m1/s1. The molecule has 0 spiro atoms. The summed E-state index contributed by atoms with van der Waals surface area (Å²) >= 11 is 0. The number of amides is 1. The van der Waals surface area contributed by atoms with E-state index in [1.54, 1.807) is 19.2 Å². The maximum absolute atomic E-state index is 12.9. The lowest BCUT2D eigenvalue weighted by molar-refractivity contribution is -0.142. The number of halogens is 1. The number of nitrogens with zero attached hydrogens (tertiary/aromatic N) is 2. The summed E-state index contributed by atoms with van der Waals surface area (Å²) in [5.41, 5.74) is 0.626. The summed E-state index contributed by atoms with van der Waals surface area (Å²) in [4.78, 5) is 23.4. The van der Waals surface area contributed by atoms with Crippen LogP contribution in [-0.2, 0) is 16.0 Å². The molecule has 0 bridgehead atoms. The monoisotopic (exact) mass is 305 g/mol. The van der Waals surface area contributed by atoms with Crippen LogP contribution in [0.25, 0.3) is 0 Å². The lowest BCUT2D eigenvalue weighted by Crippen LogP contribution is -2.45. The van der Waals surface area contributed by atoms with E-state index in [1.807, 2.05) is 0 Å². The molecule has 116 valence electrons. The van der Waals surface area contributed by atoms with E-state index in [9.17, 15) is 19.1 Å². The van der Waals surface area contributed by atoms with Crippen molar-refractivity contribution < 1.29 is 19.1 Å². The highest BCUT2D eigenvalue weighted by Gasteiger charge is 2.24. The van der Waals surface area contributed by atoms with Gasteiger partial charge in [-0.25, -0.2) is 9.18 Å². The maximum Gasteiger partial charge on any atom is 0.326 e. The Bertz CT molecular complexity index is 641. The Morgan fingerprint density at radius 2 is 2.05 bits per heavy atom. The molecule has 6 nitrogen and oxygen atoms in total. The Morgan fingerprint density at radius 1 is 1.36 bits per heavy atom. The van der Waals surface area contributed by atoms with E-state index in [2.05, 4.69) is 10.4 Å². The third kappa shape index (κ3) is 3.91. The summed E-state index contributed by atoms with van der Waals surface area (Å²) in [7, 11) is 0. The topological polar surface area (TPSA) is 84.2 Å². The van der Waals surface area contributed by atoms with Gasteiger partial charge in [-0.1, -0.05) is 12.1 Å². The molecule has 7 heteroatoms. The first kappa shape index (κ1) is 15.7. The molecule has 22 heavy (non-hydrogen) atoms. The van der Waals surface area contributed by atoms with Crippen molar-refractivity contribution in [2.45, 2.75) is 25.4 Å². The molecule has 0 aliphatic carbocycles. The first-order valence-electron chi connectivity index (χ1n) is 6.74. The van der Waals surface area contributed by atoms with Crippen LogP contribution in [-0.4, -0.2) is 32.8 Å². The van der Waals surface area contributed by atoms with Crippen LogP contribution in [0.15, 0.2) is 42.7 Å². The van der Waals surface area contributed by atoms with Crippen molar-refractivity contribution in [1.29, 1.82) is 0 Å². The number of aromatic nitrogens is 2. The lowest BCUT2D eigenvalue weighted by atomic mass is 10.1. The van der Waals surface area contributed by atoms with Crippen molar-refractivity contribution in [3.8, 4) is 0 Å². The number of carbonyl (C=O) groups is 2. The van der Waals surface area contributed by atoms with Crippen molar-refractivity contribution in [1.82, 2.24) is 15.1 Å². The predicted octanol–water partition coefficient (Wildman–Crippen LogP) is 1.40. The summed E-state index contributed by atoms with van der Waals surface area (Å²) in [6, 6.07) is 5.46. The molecule has 0 saturated carbocycles. The molecule has 0 unspecified atom stereocenters. The van der Waals surface area contributed by atoms with Crippen molar-refractivity contribution in [2.75, 3.05) is 0 Å². The molecule has 0 saturated heterocycles. The molecule has 2 N–H and O–H groups in total. The van der Waals surface area contributed by atoms with Crippen LogP contribution in [0.1, 0.15) is 18.5 Å². The largest absolute Gasteiger partial charge is 0.480 e. The summed E-state index contributed by atoms with van der Waals surface area (Å²) < 4.78 is 14.3. The van der Waals surface area contributed by atoms with Gasteiger partial charge in [-0.3, -0.25) is 9.48 Å². The number of hydrogen-bond donors (Lipinski definition) is 2. The number of carboxylic acids is 1. The van der Waals surface area contributed by atoms with E-state index in [0.717, 1.165) is 0 Å². The van der Waals surface area contributed by atoms with Gasteiger partial charge < -0.3 is 10.4 Å². The molecule has 1 heterocycles. The Labute approximate surface area is 126 Å². The van der Waals surface area contributed by atoms with Crippen molar-refractivity contribution in [3.05, 3.63) is 54.1 Å². The fourth-order valence-corrected chi connectivity index (χ4v) is 1.98. The summed E-state index contributed by atoms with van der Waals surface area (Å²) in [6.45, 7) is 1.62. The lowest BCUT2D eigenvalue weighted by Gasteiger charge is -2.18. The molecule has 0 radical (unpaired) electrons. The van der Waals surface area contributed by atoms with Crippen LogP contribution in [0.4, 0.5) is 4.39 Å². The summed E-state index contributed by atoms with van der Waals surface area (Å²) in [6.07, 6.45) is 3.24. The average Bonchev–Trinajstić information content (AvgIpc) is 3.02. The number of benzene rings is 1. The van der Waals surface area contributed by atoms with Gasteiger partial charge in [-0.05, 0) is 30.7 Å². The zero-order valence-corrected chi connectivity index (χ0v) is 11.9. The van der Waals surface area contributed by atoms with E-state index < -0.39 is 29.8 Å². The van der Waals surface area contributed by atoms with E-state index >= 15 is 0 Å². The number of carboxylic acid groups (broad SMARTS) is 1. The molecule has 1 amide bonds. The van der Waals surface area contributed by atoms with Gasteiger partial charge >= 0.3 is 5.97 Å². The van der Waals surface area contributed by atoms with Gasteiger partial charge in [0.1, 0.15) is 17.9 Å². The van der Waals surface area contributed by atoms with Crippen LogP contribution in [0.2, 0.25) is 0 Å². The van der Waals surface area contributed by atoms with Crippen LogP contribution in [0.5, 0.6) is 0 Å². The Morgan fingerprint density at radius 3 is 2.59 bits per heavy atom. The highest BCUT2D eigenvalue weighted by atomic mass is 19.1. The van der Waals surface area contributed by atoms with E-state index in [1.165, 1.54) is 35.1 Å².